The molecule has 3 N–H and O–H groups in total. The van der Waals surface area contributed by atoms with Crippen molar-refractivity contribution in [1.29, 1.82) is 0 Å². The molecular weight excluding hydrogens is 646 g/mol. The molecule has 1 fully saturated rings. The van der Waals surface area contributed by atoms with Gasteiger partial charge < -0.3 is 34.7 Å². The molecule has 9 nitrogen and oxygen atoms in total. The van der Waals surface area contributed by atoms with Crippen LogP contribution in [0.2, 0.25) is 5.02 Å². The van der Waals surface area contributed by atoms with Gasteiger partial charge in [0.1, 0.15) is 24.8 Å². The number of benzene rings is 3. The first kappa shape index (κ1) is 35.4. The van der Waals surface area contributed by atoms with Crippen LogP contribution >= 0.6 is 11.6 Å². The number of alkyl carbamates (subject to hydrolysis) is 1. The largest absolute Gasteiger partial charge is 0.488 e. The minimum atomic E-state index is -1.38. The van der Waals surface area contributed by atoms with Crippen molar-refractivity contribution in [3.63, 3.8) is 0 Å². The molecule has 2 aliphatic heterocycles. The number of nitrogens with one attached hydrogen (secondary N) is 1. The first-order chi connectivity index (χ1) is 22.7. The van der Waals surface area contributed by atoms with Crippen LogP contribution in [0.4, 0.5) is 13.6 Å². The highest BCUT2D eigenvalue weighted by atomic mass is 35.5. The van der Waals surface area contributed by atoms with Crippen LogP contribution in [0.15, 0.2) is 48.5 Å². The summed E-state index contributed by atoms with van der Waals surface area (Å²) in [5.74, 6) is -3.72. The molecule has 1 saturated heterocycles. The third-order valence-electron chi connectivity index (χ3n) is 8.42. The van der Waals surface area contributed by atoms with E-state index in [2.05, 4.69) is 5.32 Å². The highest BCUT2D eigenvalue weighted by molar-refractivity contribution is 6.34. The molecule has 12 heteroatoms. The predicted molar refractivity (Wildman–Crippen MR) is 176 cm³/mol. The Kier molecular flexibility index (Phi) is 10.5. The molecule has 3 aromatic carbocycles. The summed E-state index contributed by atoms with van der Waals surface area (Å²) in [4.78, 5) is 25.5. The second kappa shape index (κ2) is 14.3. The SMILES string of the molecule is CC1c2c(cc(F)c(Cl)c2-c2c(C(N)=O)ccc(OC[C@H](C)O[C@H]3CCCCO3)c2F)OC1(COC(=O)NC(C)(C)C)c1ccccc1. The van der Waals surface area contributed by atoms with Gasteiger partial charge in [0.2, 0.25) is 5.91 Å². The van der Waals surface area contributed by atoms with Crippen LogP contribution in [0.3, 0.4) is 0 Å². The van der Waals surface area contributed by atoms with Crippen molar-refractivity contribution < 1.29 is 42.1 Å². The number of nitrogens with two attached hydrogens (primary N) is 1. The van der Waals surface area contributed by atoms with Crippen molar-refractivity contribution in [3.05, 3.63) is 81.9 Å². The van der Waals surface area contributed by atoms with E-state index in [1.807, 2.05) is 26.8 Å². The fraction of sp³-hybridized carbons (Fsp3) is 0.444. The molecule has 3 aromatic rings. The van der Waals surface area contributed by atoms with Crippen LogP contribution in [0.5, 0.6) is 11.5 Å². The van der Waals surface area contributed by atoms with Crippen LogP contribution in [-0.4, -0.2) is 49.8 Å². The number of carbonyl (C=O) groups excluding carboxylic acids is 2. The number of fused-ring (bicyclic) bond motifs is 1. The number of rotatable bonds is 10. The van der Waals surface area contributed by atoms with Crippen molar-refractivity contribution in [2.75, 3.05) is 19.8 Å². The van der Waals surface area contributed by atoms with E-state index < -0.39 is 51.8 Å². The van der Waals surface area contributed by atoms with Crippen molar-refractivity contribution >= 4 is 23.6 Å². The molecule has 2 aliphatic rings. The van der Waals surface area contributed by atoms with Crippen molar-refractivity contribution in [1.82, 2.24) is 5.32 Å². The monoisotopic (exact) mass is 686 g/mol. The summed E-state index contributed by atoms with van der Waals surface area (Å²) in [6, 6.07) is 12.7. The summed E-state index contributed by atoms with van der Waals surface area (Å²) < 4.78 is 61.8. The summed E-state index contributed by atoms with van der Waals surface area (Å²) in [7, 11) is 0. The summed E-state index contributed by atoms with van der Waals surface area (Å²) in [5.41, 5.74) is 4.00. The van der Waals surface area contributed by atoms with E-state index in [0.29, 0.717) is 17.7 Å². The highest BCUT2D eigenvalue weighted by Gasteiger charge is 2.51. The van der Waals surface area contributed by atoms with Crippen LogP contribution in [0.1, 0.15) is 81.3 Å². The Morgan fingerprint density at radius 1 is 1.12 bits per heavy atom. The lowest BCUT2D eigenvalue weighted by atomic mass is 9.78. The van der Waals surface area contributed by atoms with Gasteiger partial charge in [0.05, 0.1) is 16.7 Å². The van der Waals surface area contributed by atoms with Crippen molar-refractivity contribution in [2.24, 2.45) is 5.73 Å². The van der Waals surface area contributed by atoms with E-state index in [1.54, 1.807) is 38.1 Å². The molecule has 0 bridgehead atoms. The first-order valence-corrected chi connectivity index (χ1v) is 16.3. The normalized spacial score (nSPS) is 21.2. The Hall–Kier alpha value is -3.93. The predicted octanol–water partition coefficient (Wildman–Crippen LogP) is 7.61. The van der Waals surface area contributed by atoms with Crippen LogP contribution < -0.4 is 20.5 Å². The molecule has 5 rings (SSSR count). The fourth-order valence-corrected chi connectivity index (χ4v) is 6.37. The van der Waals surface area contributed by atoms with Gasteiger partial charge in [-0.25, -0.2) is 13.6 Å². The second-order valence-electron chi connectivity index (χ2n) is 13.2. The van der Waals surface area contributed by atoms with Gasteiger partial charge in [-0.15, -0.1) is 0 Å². The van der Waals surface area contributed by atoms with Gasteiger partial charge in [-0.2, -0.15) is 0 Å². The number of hydrogen-bond donors (Lipinski definition) is 2. The number of halogens is 3. The number of amides is 2. The maximum absolute atomic E-state index is 16.6. The zero-order valence-corrected chi connectivity index (χ0v) is 28.4. The maximum atomic E-state index is 16.6. The van der Waals surface area contributed by atoms with E-state index in [0.717, 1.165) is 25.3 Å². The van der Waals surface area contributed by atoms with E-state index in [1.165, 1.54) is 12.1 Å². The van der Waals surface area contributed by atoms with Crippen molar-refractivity contribution in [2.45, 2.75) is 83.3 Å². The Bertz CT molecular complexity index is 1660. The Balaban J connectivity index is 1.56. The van der Waals surface area contributed by atoms with Crippen LogP contribution in [-0.2, 0) is 19.8 Å². The zero-order chi connectivity index (χ0) is 34.8. The lowest BCUT2D eigenvalue weighted by Crippen LogP contribution is -2.45. The average molecular weight is 687 g/mol. The van der Waals surface area contributed by atoms with Crippen molar-refractivity contribution in [3.8, 4) is 22.6 Å². The maximum Gasteiger partial charge on any atom is 0.407 e. The highest BCUT2D eigenvalue weighted by Crippen LogP contribution is 2.56. The van der Waals surface area contributed by atoms with Gasteiger partial charge in [0, 0.05) is 40.8 Å². The van der Waals surface area contributed by atoms with E-state index in [4.69, 9.17) is 41.0 Å². The molecule has 2 heterocycles. The van der Waals surface area contributed by atoms with E-state index in [9.17, 15) is 9.59 Å². The van der Waals surface area contributed by atoms with Gasteiger partial charge in [0.15, 0.2) is 23.5 Å². The molecule has 0 aromatic heterocycles. The zero-order valence-electron chi connectivity index (χ0n) is 27.7. The third kappa shape index (κ3) is 7.38. The number of ether oxygens (including phenoxy) is 5. The Morgan fingerprint density at radius 2 is 1.85 bits per heavy atom. The quantitative estimate of drug-likeness (QED) is 0.225. The third-order valence-corrected chi connectivity index (χ3v) is 8.79. The summed E-state index contributed by atoms with van der Waals surface area (Å²) in [6.45, 7) is 9.26. The summed E-state index contributed by atoms with van der Waals surface area (Å²) in [5, 5.41) is 2.31. The standard InChI is InChI=1S/C36H41ClF2N2O7/c1-20(47-27-13-9-10-16-44-27)18-45-25-15-14-23(33(40)42)29(32(25)39)30-28-21(2)36(22-11-7-6-8-12-22,19-46-34(43)41-35(3,4)5)48-26(28)17-24(38)31(30)37/h6-8,11-12,14-15,17,20-21,27H,9-10,13,16,18-19H2,1-5H3,(H2,40,42)(H,41,43)/t20-,21?,27-,36?/m0/s1. The van der Waals surface area contributed by atoms with Gasteiger partial charge in [0.25, 0.3) is 0 Å². The average Bonchev–Trinajstić information content (AvgIpc) is 3.31. The molecule has 0 spiro atoms. The number of primary amides is 1. The minimum Gasteiger partial charge on any atom is -0.488 e. The van der Waals surface area contributed by atoms with Gasteiger partial charge >= 0.3 is 6.09 Å². The second-order valence-corrected chi connectivity index (χ2v) is 13.6. The molecule has 0 saturated carbocycles. The van der Waals surface area contributed by atoms with Crippen LogP contribution in [0.25, 0.3) is 11.1 Å². The van der Waals surface area contributed by atoms with Gasteiger partial charge in [-0.1, -0.05) is 48.9 Å². The Morgan fingerprint density at radius 3 is 2.50 bits per heavy atom. The van der Waals surface area contributed by atoms with E-state index >= 15 is 8.78 Å². The smallest absolute Gasteiger partial charge is 0.407 e. The molecular formula is C36H41ClF2N2O7. The summed E-state index contributed by atoms with van der Waals surface area (Å²) in [6.07, 6.45) is 1.17. The Labute approximate surface area is 284 Å². The molecule has 258 valence electrons. The molecule has 2 amide bonds. The minimum absolute atomic E-state index is 0.0360. The lowest BCUT2D eigenvalue weighted by molar-refractivity contribution is -0.189. The van der Waals surface area contributed by atoms with Gasteiger partial charge in [-0.05, 0) is 64.7 Å². The lowest BCUT2D eigenvalue weighted by Gasteiger charge is -2.33. The van der Waals surface area contributed by atoms with Gasteiger partial charge in [-0.3, -0.25) is 4.79 Å². The molecule has 0 aliphatic carbocycles. The number of carbonyl (C=O) groups is 2. The first-order valence-electron chi connectivity index (χ1n) is 16.0. The number of hydrogen-bond acceptors (Lipinski definition) is 7. The molecule has 48 heavy (non-hydrogen) atoms. The molecule has 2 unspecified atom stereocenters. The topological polar surface area (TPSA) is 118 Å². The molecule has 0 radical (unpaired) electrons. The van der Waals surface area contributed by atoms with E-state index in [-0.39, 0.29) is 47.7 Å². The molecule has 4 atom stereocenters. The summed E-state index contributed by atoms with van der Waals surface area (Å²) >= 11 is 6.63. The van der Waals surface area contributed by atoms with Crippen LogP contribution in [0, 0.1) is 11.6 Å². The fourth-order valence-electron chi connectivity index (χ4n) is 6.12.